The van der Waals surface area contributed by atoms with E-state index < -0.39 is 18.1 Å². The van der Waals surface area contributed by atoms with Crippen LogP contribution in [0.2, 0.25) is 10.0 Å². The number of pyridine rings is 1. The van der Waals surface area contributed by atoms with E-state index in [0.29, 0.717) is 33.6 Å². The van der Waals surface area contributed by atoms with Gasteiger partial charge in [-0.2, -0.15) is 0 Å². The molecular formula is C37H43Cl2N3O6S. The van der Waals surface area contributed by atoms with Gasteiger partial charge >= 0.3 is 11.9 Å². The number of nitrogens with one attached hydrogen (secondary N) is 1. The van der Waals surface area contributed by atoms with Gasteiger partial charge in [-0.3, -0.25) is 10.3 Å². The van der Waals surface area contributed by atoms with Crippen molar-refractivity contribution in [2.24, 2.45) is 5.41 Å². The summed E-state index contributed by atoms with van der Waals surface area (Å²) in [5.74, 6) is -0.817. The summed E-state index contributed by atoms with van der Waals surface area (Å²) in [5, 5.41) is 4.12. The predicted octanol–water partition coefficient (Wildman–Crippen LogP) is 6.85. The molecule has 0 amide bonds. The molecule has 0 bridgehead atoms. The average Bonchev–Trinajstić information content (AvgIpc) is 3.59. The quantitative estimate of drug-likeness (QED) is 0.179. The number of rotatable bonds is 14. The first-order valence-electron chi connectivity index (χ1n) is 16.3. The number of likely N-dealkylation sites (tertiary alicyclic amines) is 1. The van der Waals surface area contributed by atoms with Crippen LogP contribution in [0.1, 0.15) is 51.5 Å². The van der Waals surface area contributed by atoms with Crippen LogP contribution in [0.3, 0.4) is 0 Å². The molecule has 0 spiro atoms. The van der Waals surface area contributed by atoms with E-state index >= 15 is 0 Å². The lowest BCUT2D eigenvalue weighted by molar-refractivity contribution is -0.150. The van der Waals surface area contributed by atoms with Crippen molar-refractivity contribution in [1.29, 1.82) is 0 Å². The number of benzene rings is 1. The zero-order valence-electron chi connectivity index (χ0n) is 28.2. The van der Waals surface area contributed by atoms with E-state index in [2.05, 4.69) is 29.2 Å². The van der Waals surface area contributed by atoms with Crippen LogP contribution in [0.5, 0.6) is 0 Å². The molecule has 9 nitrogen and oxygen atoms in total. The number of halogens is 2. The maximum atomic E-state index is 13.6. The molecule has 4 unspecified atom stereocenters. The summed E-state index contributed by atoms with van der Waals surface area (Å²) < 4.78 is 23.2. The minimum atomic E-state index is -0.719. The van der Waals surface area contributed by atoms with Crippen LogP contribution in [-0.4, -0.2) is 81.1 Å². The molecular weight excluding hydrogens is 685 g/mol. The van der Waals surface area contributed by atoms with Crippen molar-refractivity contribution in [3.05, 3.63) is 110 Å². The van der Waals surface area contributed by atoms with Crippen molar-refractivity contribution >= 4 is 46.5 Å². The molecule has 0 saturated carbocycles. The molecule has 1 N–H and O–H groups in total. The number of ether oxygens (including phenoxy) is 4. The van der Waals surface area contributed by atoms with Gasteiger partial charge in [0.1, 0.15) is 29.2 Å². The Labute approximate surface area is 302 Å². The molecule has 3 heterocycles. The van der Waals surface area contributed by atoms with Gasteiger partial charge in [-0.15, -0.1) is 11.3 Å². The Morgan fingerprint density at radius 3 is 2.41 bits per heavy atom. The van der Waals surface area contributed by atoms with E-state index in [1.165, 1.54) is 23.7 Å². The summed E-state index contributed by atoms with van der Waals surface area (Å²) in [6, 6.07) is 12.5. The highest BCUT2D eigenvalue weighted by Crippen LogP contribution is 2.32. The molecule has 0 radical (unpaired) electrons. The van der Waals surface area contributed by atoms with Crippen molar-refractivity contribution in [1.82, 2.24) is 15.2 Å². The smallest absolute Gasteiger partial charge is 0.348 e. The van der Waals surface area contributed by atoms with Gasteiger partial charge in [0.25, 0.3) is 0 Å². The molecule has 4 atom stereocenters. The van der Waals surface area contributed by atoms with Gasteiger partial charge in [-0.05, 0) is 67.9 Å². The van der Waals surface area contributed by atoms with Crippen molar-refractivity contribution < 1.29 is 28.5 Å². The molecule has 1 aliphatic carbocycles. The first kappa shape index (κ1) is 37.2. The Morgan fingerprint density at radius 1 is 1.04 bits per heavy atom. The van der Waals surface area contributed by atoms with Crippen LogP contribution in [0.25, 0.3) is 0 Å². The lowest BCUT2D eigenvalue weighted by atomic mass is 9.81. The maximum Gasteiger partial charge on any atom is 0.348 e. The molecule has 2 aromatic heterocycles. The second-order valence-corrected chi connectivity index (χ2v) is 14.8. The Balaban J connectivity index is 1.28. The minimum Gasteiger partial charge on any atom is -0.464 e. The fraction of sp³-hybridized carbons (Fsp3) is 0.432. The van der Waals surface area contributed by atoms with E-state index in [1.807, 2.05) is 54.6 Å². The Kier molecular flexibility index (Phi) is 13.1. The lowest BCUT2D eigenvalue weighted by Crippen LogP contribution is -2.40. The van der Waals surface area contributed by atoms with Gasteiger partial charge in [-0.25, -0.2) is 9.59 Å². The van der Waals surface area contributed by atoms with E-state index in [-0.39, 0.29) is 30.0 Å². The number of thiophene rings is 1. The van der Waals surface area contributed by atoms with Gasteiger partial charge in [-0.1, -0.05) is 72.6 Å². The number of carbonyl (C=O) groups is 2. The number of carbonyl (C=O) groups excluding carboxylic acids is 2. The standard InChI is InChI=1S/C37H43Cl2N3O6S/c1-37(14-16-42(2)17-15-37)23-47-36(44)34(24-8-6-5-7-9-24)41-20-26-11-13-33(49-26)35(43)48-31(19-27-28(38)21-40-22-29(27)39)25-10-12-30(45-3)32(18-25)46-4/h5-13,18,21-22,30-32,34,41H,14-17,19-20,23H2,1-4H3. The fourth-order valence-corrected chi connectivity index (χ4v) is 7.28. The average molecular weight is 729 g/mol. The number of piperidine rings is 1. The molecule has 1 aromatic carbocycles. The predicted molar refractivity (Wildman–Crippen MR) is 192 cm³/mol. The third-order valence-electron chi connectivity index (χ3n) is 9.14. The summed E-state index contributed by atoms with van der Waals surface area (Å²) in [7, 11) is 5.32. The monoisotopic (exact) mass is 727 g/mol. The van der Waals surface area contributed by atoms with Gasteiger partial charge in [0, 0.05) is 49.9 Å². The highest BCUT2D eigenvalue weighted by molar-refractivity contribution is 7.13. The van der Waals surface area contributed by atoms with Gasteiger partial charge < -0.3 is 23.8 Å². The SMILES string of the molecule is COC1C=CC(C(Cc2c(Cl)cncc2Cl)OC(=O)c2ccc(CNC(C(=O)OCC3(C)CCN(C)CC3)c3ccccc3)s2)=CC1OC. The Morgan fingerprint density at radius 2 is 1.73 bits per heavy atom. The van der Waals surface area contributed by atoms with Crippen molar-refractivity contribution in [3.8, 4) is 0 Å². The van der Waals surface area contributed by atoms with Crippen molar-refractivity contribution in [2.45, 2.75) is 57.1 Å². The number of esters is 2. The topological polar surface area (TPSA) is 99.2 Å². The van der Waals surface area contributed by atoms with Crippen LogP contribution >= 0.6 is 34.5 Å². The molecule has 49 heavy (non-hydrogen) atoms. The number of nitrogens with zero attached hydrogens (tertiary/aromatic N) is 2. The third kappa shape index (κ3) is 9.79. The lowest BCUT2D eigenvalue weighted by Gasteiger charge is -2.37. The molecule has 5 rings (SSSR count). The summed E-state index contributed by atoms with van der Waals surface area (Å²) >= 11 is 14.2. The Hall–Kier alpha value is -3.09. The summed E-state index contributed by atoms with van der Waals surface area (Å²) in [4.78, 5) is 34.7. The molecule has 1 fully saturated rings. The zero-order chi connectivity index (χ0) is 35.0. The second-order valence-electron chi connectivity index (χ2n) is 12.8. The summed E-state index contributed by atoms with van der Waals surface area (Å²) in [6.45, 7) is 4.88. The third-order valence-corrected chi connectivity index (χ3v) is 10.9. The van der Waals surface area contributed by atoms with Crippen molar-refractivity contribution in [2.75, 3.05) is 41.0 Å². The van der Waals surface area contributed by atoms with Crippen LogP contribution in [-0.2, 0) is 36.7 Å². The largest absolute Gasteiger partial charge is 0.464 e. The normalized spacial score (nSPS) is 20.3. The van der Waals surface area contributed by atoms with E-state index in [1.54, 1.807) is 20.3 Å². The first-order valence-corrected chi connectivity index (χ1v) is 17.8. The summed E-state index contributed by atoms with van der Waals surface area (Å²) in [5.41, 5.74) is 2.12. The summed E-state index contributed by atoms with van der Waals surface area (Å²) in [6.07, 6.45) is 9.46. The zero-order valence-corrected chi connectivity index (χ0v) is 30.5. The van der Waals surface area contributed by atoms with Gasteiger partial charge in [0.15, 0.2) is 0 Å². The minimum absolute atomic E-state index is 0.0439. The van der Waals surface area contributed by atoms with E-state index in [4.69, 9.17) is 42.1 Å². The van der Waals surface area contributed by atoms with Crippen LogP contribution in [0, 0.1) is 5.41 Å². The second kappa shape index (κ2) is 17.2. The van der Waals surface area contributed by atoms with Crippen LogP contribution in [0.15, 0.2) is 78.7 Å². The highest BCUT2D eigenvalue weighted by atomic mass is 35.5. The van der Waals surface area contributed by atoms with Crippen molar-refractivity contribution in [3.63, 3.8) is 0 Å². The van der Waals surface area contributed by atoms with E-state index in [0.717, 1.165) is 41.9 Å². The molecule has 1 saturated heterocycles. The Bertz CT molecular complexity index is 1620. The highest BCUT2D eigenvalue weighted by Gasteiger charge is 2.32. The molecule has 262 valence electrons. The number of aromatic nitrogens is 1. The molecule has 2 aliphatic rings. The molecule has 1 aliphatic heterocycles. The number of hydrogen-bond acceptors (Lipinski definition) is 10. The molecule has 12 heteroatoms. The number of hydrogen-bond donors (Lipinski definition) is 1. The first-order chi connectivity index (χ1) is 23.6. The van der Waals surface area contributed by atoms with Crippen LogP contribution < -0.4 is 5.32 Å². The van der Waals surface area contributed by atoms with Gasteiger partial charge in [0.2, 0.25) is 0 Å². The van der Waals surface area contributed by atoms with Crippen LogP contribution in [0.4, 0.5) is 0 Å². The van der Waals surface area contributed by atoms with E-state index in [9.17, 15) is 9.59 Å². The number of methoxy groups -OCH3 is 2. The molecule has 3 aromatic rings. The maximum absolute atomic E-state index is 13.6. The van der Waals surface area contributed by atoms with Gasteiger partial charge in [0.05, 0.1) is 16.7 Å². The fourth-order valence-electron chi connectivity index (χ4n) is 5.92.